The minimum Gasteiger partial charge on any atom is -0.480 e. The van der Waals surface area contributed by atoms with Gasteiger partial charge in [-0.25, -0.2) is 4.79 Å². The summed E-state index contributed by atoms with van der Waals surface area (Å²) in [6.45, 7) is 2.72. The van der Waals surface area contributed by atoms with E-state index in [0.717, 1.165) is 41.4 Å². The maximum absolute atomic E-state index is 12.8. The molecular weight excluding hydrogens is 432 g/mol. The normalized spacial score (nSPS) is 22.1. The lowest BCUT2D eigenvalue weighted by Gasteiger charge is -2.32. The zero-order valence-electron chi connectivity index (χ0n) is 17.9. The molecule has 0 aromatic heterocycles. The molecule has 10 heteroatoms. The van der Waals surface area contributed by atoms with Gasteiger partial charge >= 0.3 is 5.97 Å². The fourth-order valence-electron chi connectivity index (χ4n) is 3.90. The van der Waals surface area contributed by atoms with E-state index in [2.05, 4.69) is 15.3 Å². The Hall–Kier alpha value is -2.59. The number of hydrogen-bond acceptors (Lipinski definition) is 8. The predicted molar refractivity (Wildman–Crippen MR) is 122 cm³/mol. The molecule has 2 fully saturated rings. The minimum atomic E-state index is -0.978. The molecule has 1 aromatic rings. The number of hydrazone groups is 1. The molecular formula is C22H28N4O5S. The predicted octanol–water partition coefficient (Wildman–Crippen LogP) is 1.65. The Kier molecular flexibility index (Phi) is 7.64. The Bertz CT molecular complexity index is 862. The second-order valence-electron chi connectivity index (χ2n) is 8.00. The van der Waals surface area contributed by atoms with Crippen LogP contribution in [0.15, 0.2) is 34.5 Å². The van der Waals surface area contributed by atoms with Crippen LogP contribution in [0.5, 0.6) is 0 Å². The average Bonchev–Trinajstić information content (AvgIpc) is 3.33. The summed E-state index contributed by atoms with van der Waals surface area (Å²) in [6, 6.07) is 7.95. The number of hydrogen-bond donors (Lipinski definition) is 1. The molecule has 3 heterocycles. The highest BCUT2D eigenvalue weighted by Crippen LogP contribution is 2.22. The van der Waals surface area contributed by atoms with Crippen LogP contribution in [0, 0.1) is 0 Å². The van der Waals surface area contributed by atoms with E-state index in [1.165, 1.54) is 0 Å². The van der Waals surface area contributed by atoms with E-state index in [9.17, 15) is 9.59 Å². The molecule has 3 aliphatic heterocycles. The van der Waals surface area contributed by atoms with Crippen LogP contribution in [0.3, 0.4) is 0 Å². The van der Waals surface area contributed by atoms with Crippen LogP contribution in [0.1, 0.15) is 30.4 Å². The van der Waals surface area contributed by atoms with Gasteiger partial charge in [0.25, 0.3) is 5.91 Å². The van der Waals surface area contributed by atoms with Gasteiger partial charge in [-0.15, -0.1) is 0 Å². The molecule has 32 heavy (non-hydrogen) atoms. The van der Waals surface area contributed by atoms with Gasteiger partial charge in [-0.3, -0.25) is 9.80 Å². The SMILES string of the molecule is O=C(O)COC1CCN(C(=O)C2CC(c3ccc(/C=N/N4CCSCC4)cc3)=NO2)CC1. The first-order valence-corrected chi connectivity index (χ1v) is 12.1. The second kappa shape index (κ2) is 10.8. The van der Waals surface area contributed by atoms with Gasteiger partial charge in [-0.2, -0.15) is 16.9 Å². The number of carbonyl (C=O) groups excluding carboxylic acids is 1. The molecule has 1 aromatic carbocycles. The topological polar surface area (TPSA) is 104 Å². The van der Waals surface area contributed by atoms with Crippen molar-refractivity contribution in [2.75, 3.05) is 44.3 Å². The van der Waals surface area contributed by atoms with E-state index in [1.807, 2.05) is 42.2 Å². The third kappa shape index (κ3) is 6.01. The van der Waals surface area contributed by atoms with Gasteiger partial charge in [0.15, 0.2) is 0 Å². The van der Waals surface area contributed by atoms with Gasteiger partial charge in [0, 0.05) is 44.1 Å². The monoisotopic (exact) mass is 460 g/mol. The lowest BCUT2D eigenvalue weighted by atomic mass is 10.0. The Morgan fingerprint density at radius 1 is 1.19 bits per heavy atom. The molecule has 1 atom stereocenters. The van der Waals surface area contributed by atoms with Crippen LogP contribution in [-0.4, -0.2) is 95.3 Å². The zero-order chi connectivity index (χ0) is 22.3. The van der Waals surface area contributed by atoms with E-state index in [-0.39, 0.29) is 18.6 Å². The summed E-state index contributed by atoms with van der Waals surface area (Å²) in [7, 11) is 0. The number of carbonyl (C=O) groups is 2. The van der Waals surface area contributed by atoms with Gasteiger partial charge in [0.05, 0.1) is 18.0 Å². The molecule has 0 spiro atoms. The van der Waals surface area contributed by atoms with Crippen LogP contribution >= 0.6 is 11.8 Å². The first-order valence-electron chi connectivity index (χ1n) is 10.9. The number of likely N-dealkylation sites (tertiary alicyclic amines) is 1. The quantitative estimate of drug-likeness (QED) is 0.617. The largest absolute Gasteiger partial charge is 0.480 e. The lowest BCUT2D eigenvalue weighted by Crippen LogP contribution is -2.45. The van der Waals surface area contributed by atoms with Gasteiger partial charge < -0.3 is 19.6 Å². The lowest BCUT2D eigenvalue weighted by molar-refractivity contribution is -0.149. The van der Waals surface area contributed by atoms with E-state index in [4.69, 9.17) is 14.7 Å². The number of ether oxygens (including phenoxy) is 1. The third-order valence-electron chi connectivity index (χ3n) is 5.74. The number of benzene rings is 1. The van der Waals surface area contributed by atoms with Crippen molar-refractivity contribution in [2.45, 2.75) is 31.5 Å². The summed E-state index contributed by atoms with van der Waals surface area (Å²) in [4.78, 5) is 30.6. The number of nitrogens with zero attached hydrogens (tertiary/aromatic N) is 4. The number of thioether (sulfide) groups is 1. The Morgan fingerprint density at radius 3 is 2.59 bits per heavy atom. The van der Waals surface area contributed by atoms with Crippen LogP contribution in [0.2, 0.25) is 0 Å². The van der Waals surface area contributed by atoms with E-state index in [0.29, 0.717) is 32.4 Å². The molecule has 172 valence electrons. The summed E-state index contributed by atoms with van der Waals surface area (Å²) in [5, 5.41) is 19.5. The molecule has 0 radical (unpaired) electrons. The maximum atomic E-state index is 12.8. The molecule has 1 unspecified atom stereocenters. The molecule has 0 aliphatic carbocycles. The first kappa shape index (κ1) is 22.6. The summed E-state index contributed by atoms with van der Waals surface area (Å²) in [5.41, 5.74) is 2.72. The standard InChI is InChI=1S/C22H28N4O5S/c27-21(28)15-30-18-5-7-25(8-6-18)22(29)20-13-19(24-31-20)17-3-1-16(2-4-17)14-23-26-9-11-32-12-10-26/h1-4,14,18,20H,5-13,15H2,(H,27,28)/b23-14+. The van der Waals surface area contributed by atoms with Crippen LogP contribution < -0.4 is 0 Å². The first-order chi connectivity index (χ1) is 15.6. The van der Waals surface area contributed by atoms with Crippen molar-refractivity contribution in [2.24, 2.45) is 10.3 Å². The highest BCUT2D eigenvalue weighted by molar-refractivity contribution is 7.99. The van der Waals surface area contributed by atoms with Crippen molar-refractivity contribution in [1.29, 1.82) is 0 Å². The van der Waals surface area contributed by atoms with E-state index >= 15 is 0 Å². The Balaban J connectivity index is 1.24. The summed E-state index contributed by atoms with van der Waals surface area (Å²) in [6.07, 6.45) is 2.83. The molecule has 3 aliphatic rings. The number of piperidine rings is 1. The van der Waals surface area contributed by atoms with Crippen molar-refractivity contribution in [3.05, 3.63) is 35.4 Å². The third-order valence-corrected chi connectivity index (χ3v) is 6.68. The number of rotatable bonds is 7. The molecule has 0 bridgehead atoms. The molecule has 2 saturated heterocycles. The van der Waals surface area contributed by atoms with Crippen molar-refractivity contribution in [3.63, 3.8) is 0 Å². The highest BCUT2D eigenvalue weighted by Gasteiger charge is 2.34. The van der Waals surface area contributed by atoms with Crippen LogP contribution in [0.25, 0.3) is 0 Å². The second-order valence-corrected chi connectivity index (χ2v) is 9.22. The fourth-order valence-corrected chi connectivity index (χ4v) is 4.78. The maximum Gasteiger partial charge on any atom is 0.329 e. The summed E-state index contributed by atoms with van der Waals surface area (Å²) in [5.74, 6) is 1.18. The van der Waals surface area contributed by atoms with Crippen LogP contribution in [0.4, 0.5) is 0 Å². The minimum absolute atomic E-state index is 0.0797. The van der Waals surface area contributed by atoms with E-state index < -0.39 is 12.1 Å². The number of aliphatic carboxylic acids is 1. The molecule has 0 saturated carbocycles. The Morgan fingerprint density at radius 2 is 1.91 bits per heavy atom. The fraction of sp³-hybridized carbons (Fsp3) is 0.545. The molecule has 9 nitrogen and oxygen atoms in total. The van der Waals surface area contributed by atoms with Crippen molar-refractivity contribution in [3.8, 4) is 0 Å². The zero-order valence-corrected chi connectivity index (χ0v) is 18.7. The summed E-state index contributed by atoms with van der Waals surface area (Å²) < 4.78 is 5.33. The smallest absolute Gasteiger partial charge is 0.329 e. The van der Waals surface area contributed by atoms with Crippen LogP contribution in [-0.2, 0) is 19.2 Å². The average molecular weight is 461 g/mol. The number of amides is 1. The van der Waals surface area contributed by atoms with E-state index in [1.54, 1.807) is 4.90 Å². The summed E-state index contributed by atoms with van der Waals surface area (Å²) >= 11 is 1.96. The molecule has 1 amide bonds. The molecule has 1 N–H and O–H groups in total. The van der Waals surface area contributed by atoms with Crippen molar-refractivity contribution in [1.82, 2.24) is 9.91 Å². The number of oxime groups is 1. The number of carboxylic acids is 1. The number of carboxylic acid groups (broad SMARTS) is 1. The van der Waals surface area contributed by atoms with Crippen molar-refractivity contribution >= 4 is 35.6 Å². The Labute approximate surface area is 191 Å². The van der Waals surface area contributed by atoms with Crippen molar-refractivity contribution < 1.29 is 24.3 Å². The molecule has 4 rings (SSSR count). The highest BCUT2D eigenvalue weighted by atomic mass is 32.2. The van der Waals surface area contributed by atoms with Gasteiger partial charge in [0.2, 0.25) is 6.10 Å². The van der Waals surface area contributed by atoms with Gasteiger partial charge in [-0.1, -0.05) is 29.4 Å². The van der Waals surface area contributed by atoms with Gasteiger partial charge in [0.1, 0.15) is 6.61 Å². The van der Waals surface area contributed by atoms with Gasteiger partial charge in [-0.05, 0) is 24.0 Å².